The first-order chi connectivity index (χ1) is 13.1. The van der Waals surface area contributed by atoms with E-state index in [9.17, 15) is 9.18 Å². The molecular formula is C22H23FN2O2. The highest BCUT2D eigenvalue weighted by molar-refractivity contribution is 5.86. The zero-order valence-electron chi connectivity index (χ0n) is 15.5. The topological polar surface area (TPSA) is 41.6 Å². The van der Waals surface area contributed by atoms with E-state index in [1.807, 2.05) is 32.3 Å². The molecule has 1 atom stereocenters. The Morgan fingerprint density at radius 3 is 2.52 bits per heavy atom. The number of rotatable bonds is 7. The molecule has 3 aromatic carbocycles. The number of amides is 1. The fraction of sp³-hybridized carbons (Fsp3) is 0.227. The number of hydrogen-bond donors (Lipinski definition) is 1. The highest BCUT2D eigenvalue weighted by atomic mass is 19.1. The van der Waals surface area contributed by atoms with Crippen LogP contribution in [0.15, 0.2) is 66.7 Å². The summed E-state index contributed by atoms with van der Waals surface area (Å²) in [5.74, 6) is -0.691. The Hall–Kier alpha value is -2.92. The van der Waals surface area contributed by atoms with Gasteiger partial charge in [-0.25, -0.2) is 4.39 Å². The molecule has 140 valence electrons. The van der Waals surface area contributed by atoms with Crippen LogP contribution in [-0.2, 0) is 4.79 Å². The number of para-hydroxylation sites is 1. The van der Waals surface area contributed by atoms with Crippen molar-refractivity contribution in [3.63, 3.8) is 0 Å². The minimum atomic E-state index is -0.479. The Bertz CT molecular complexity index is 922. The van der Waals surface area contributed by atoms with E-state index in [1.54, 1.807) is 12.1 Å². The van der Waals surface area contributed by atoms with Crippen LogP contribution < -0.4 is 10.1 Å². The summed E-state index contributed by atoms with van der Waals surface area (Å²) < 4.78 is 18.8. The Labute approximate surface area is 158 Å². The molecule has 27 heavy (non-hydrogen) atoms. The van der Waals surface area contributed by atoms with Gasteiger partial charge in [0, 0.05) is 6.54 Å². The summed E-state index contributed by atoms with van der Waals surface area (Å²) in [4.78, 5) is 14.2. The lowest BCUT2D eigenvalue weighted by Gasteiger charge is -2.26. The maximum Gasteiger partial charge on any atom is 0.258 e. The lowest BCUT2D eigenvalue weighted by Crippen LogP contribution is -2.37. The van der Waals surface area contributed by atoms with E-state index < -0.39 is 5.82 Å². The average Bonchev–Trinajstić information content (AvgIpc) is 2.67. The first-order valence-corrected chi connectivity index (χ1v) is 8.84. The minimum absolute atomic E-state index is 0.00788. The summed E-state index contributed by atoms with van der Waals surface area (Å²) >= 11 is 0. The van der Waals surface area contributed by atoms with Crippen molar-refractivity contribution in [2.24, 2.45) is 0 Å². The van der Waals surface area contributed by atoms with Gasteiger partial charge in [0.25, 0.3) is 5.91 Å². The molecule has 0 saturated heterocycles. The Morgan fingerprint density at radius 2 is 1.74 bits per heavy atom. The molecule has 1 amide bonds. The van der Waals surface area contributed by atoms with Crippen LogP contribution in [0.25, 0.3) is 10.8 Å². The maximum atomic E-state index is 13.6. The third kappa shape index (κ3) is 4.63. The predicted octanol–water partition coefficient (Wildman–Crippen LogP) is 3.78. The van der Waals surface area contributed by atoms with E-state index in [1.165, 1.54) is 12.1 Å². The quantitative estimate of drug-likeness (QED) is 0.692. The first-order valence-electron chi connectivity index (χ1n) is 8.84. The number of hydrogen-bond acceptors (Lipinski definition) is 3. The van der Waals surface area contributed by atoms with Crippen molar-refractivity contribution in [3.8, 4) is 5.75 Å². The number of halogens is 1. The Kier molecular flexibility index (Phi) is 6.04. The van der Waals surface area contributed by atoms with Gasteiger partial charge in [-0.3, -0.25) is 4.79 Å². The van der Waals surface area contributed by atoms with Gasteiger partial charge in [0.1, 0.15) is 0 Å². The SMILES string of the molecule is CN(C)C(CNC(=O)COc1ccccc1F)c1cccc2ccccc12. The molecule has 0 aliphatic heterocycles. The molecule has 3 aromatic rings. The van der Waals surface area contributed by atoms with Gasteiger partial charge in [-0.15, -0.1) is 0 Å². The summed E-state index contributed by atoms with van der Waals surface area (Å²) in [6.45, 7) is 0.205. The van der Waals surface area contributed by atoms with Crippen LogP contribution in [0.1, 0.15) is 11.6 Å². The van der Waals surface area contributed by atoms with E-state index in [-0.39, 0.29) is 24.3 Å². The number of nitrogens with zero attached hydrogens (tertiary/aromatic N) is 1. The lowest BCUT2D eigenvalue weighted by molar-refractivity contribution is -0.123. The second-order valence-electron chi connectivity index (χ2n) is 6.57. The summed E-state index contributed by atoms with van der Waals surface area (Å²) in [6, 6.07) is 20.4. The number of benzene rings is 3. The summed E-state index contributed by atoms with van der Waals surface area (Å²) in [7, 11) is 3.96. The molecular weight excluding hydrogens is 343 g/mol. The molecule has 0 aliphatic carbocycles. The number of likely N-dealkylation sites (N-methyl/N-ethyl adjacent to an activating group) is 1. The van der Waals surface area contributed by atoms with Crippen molar-refractivity contribution in [1.82, 2.24) is 10.2 Å². The van der Waals surface area contributed by atoms with E-state index >= 15 is 0 Å². The van der Waals surface area contributed by atoms with E-state index in [4.69, 9.17) is 4.74 Å². The van der Waals surface area contributed by atoms with Gasteiger partial charge in [-0.05, 0) is 42.6 Å². The van der Waals surface area contributed by atoms with Gasteiger partial charge >= 0.3 is 0 Å². The molecule has 0 bridgehead atoms. The van der Waals surface area contributed by atoms with Gasteiger partial charge < -0.3 is 15.0 Å². The molecule has 0 aromatic heterocycles. The van der Waals surface area contributed by atoms with Gasteiger partial charge in [0.2, 0.25) is 0 Å². The number of nitrogens with one attached hydrogen (secondary N) is 1. The summed E-state index contributed by atoms with van der Waals surface area (Å²) in [5.41, 5.74) is 1.15. The van der Waals surface area contributed by atoms with Crippen LogP contribution in [0, 0.1) is 5.82 Å². The van der Waals surface area contributed by atoms with Crippen molar-refractivity contribution < 1.29 is 13.9 Å². The van der Waals surface area contributed by atoms with Crippen LogP contribution in [0.4, 0.5) is 4.39 Å². The monoisotopic (exact) mass is 366 g/mol. The molecule has 1 N–H and O–H groups in total. The molecule has 3 rings (SSSR count). The van der Waals surface area contributed by atoms with E-state index in [0.29, 0.717) is 6.54 Å². The van der Waals surface area contributed by atoms with Gasteiger partial charge in [-0.1, -0.05) is 54.6 Å². The molecule has 0 radical (unpaired) electrons. The predicted molar refractivity (Wildman–Crippen MR) is 105 cm³/mol. The van der Waals surface area contributed by atoms with Gasteiger partial charge in [0.05, 0.1) is 6.04 Å². The second-order valence-corrected chi connectivity index (χ2v) is 6.57. The van der Waals surface area contributed by atoms with E-state index in [0.717, 1.165) is 16.3 Å². The normalized spacial score (nSPS) is 12.1. The standard InChI is InChI=1S/C22H23FN2O2/c1-25(2)20(18-11-7-9-16-8-3-4-10-17(16)18)14-24-22(26)15-27-21-13-6-5-12-19(21)23/h3-13,20H,14-15H2,1-2H3,(H,24,26). The summed E-state index contributed by atoms with van der Waals surface area (Å²) in [6.07, 6.45) is 0. The number of ether oxygens (including phenoxy) is 1. The van der Waals surface area contributed by atoms with Crippen molar-refractivity contribution in [2.45, 2.75) is 6.04 Å². The third-order valence-electron chi connectivity index (χ3n) is 4.49. The molecule has 0 fully saturated rings. The second kappa shape index (κ2) is 8.64. The zero-order valence-corrected chi connectivity index (χ0v) is 15.5. The van der Waals surface area contributed by atoms with Crippen LogP contribution in [-0.4, -0.2) is 38.1 Å². The fourth-order valence-corrected chi connectivity index (χ4v) is 3.08. The smallest absolute Gasteiger partial charge is 0.258 e. The summed E-state index contributed by atoms with van der Waals surface area (Å²) in [5, 5.41) is 5.21. The fourth-order valence-electron chi connectivity index (χ4n) is 3.08. The highest BCUT2D eigenvalue weighted by Gasteiger charge is 2.18. The molecule has 0 aliphatic rings. The van der Waals surface area contributed by atoms with Crippen LogP contribution in [0.3, 0.4) is 0 Å². The zero-order chi connectivity index (χ0) is 19.2. The Balaban J connectivity index is 1.66. The number of carbonyl (C=O) groups is 1. The molecule has 0 saturated carbocycles. The van der Waals surface area contributed by atoms with Crippen molar-refractivity contribution in [3.05, 3.63) is 78.1 Å². The molecule has 4 nitrogen and oxygen atoms in total. The van der Waals surface area contributed by atoms with Crippen LogP contribution in [0.5, 0.6) is 5.75 Å². The first kappa shape index (κ1) is 18.9. The van der Waals surface area contributed by atoms with Crippen molar-refractivity contribution in [1.29, 1.82) is 0 Å². The molecule has 5 heteroatoms. The van der Waals surface area contributed by atoms with E-state index in [2.05, 4.69) is 34.5 Å². The van der Waals surface area contributed by atoms with Crippen LogP contribution in [0.2, 0.25) is 0 Å². The lowest BCUT2D eigenvalue weighted by atomic mass is 9.98. The van der Waals surface area contributed by atoms with Crippen molar-refractivity contribution in [2.75, 3.05) is 27.2 Å². The molecule has 0 heterocycles. The van der Waals surface area contributed by atoms with Gasteiger partial charge in [0.15, 0.2) is 18.2 Å². The minimum Gasteiger partial charge on any atom is -0.481 e. The highest BCUT2D eigenvalue weighted by Crippen LogP contribution is 2.26. The molecule has 1 unspecified atom stereocenters. The largest absolute Gasteiger partial charge is 0.481 e. The number of fused-ring (bicyclic) bond motifs is 1. The van der Waals surface area contributed by atoms with Crippen molar-refractivity contribution >= 4 is 16.7 Å². The average molecular weight is 366 g/mol. The Morgan fingerprint density at radius 1 is 1.04 bits per heavy atom. The van der Waals surface area contributed by atoms with Crippen LogP contribution >= 0.6 is 0 Å². The van der Waals surface area contributed by atoms with Gasteiger partial charge in [-0.2, -0.15) is 0 Å². The maximum absolute atomic E-state index is 13.6. The molecule has 0 spiro atoms. The number of carbonyl (C=O) groups excluding carboxylic acids is 1. The third-order valence-corrected chi connectivity index (χ3v) is 4.49.